The smallest absolute Gasteiger partial charge is 0.270 e. The molecule has 41 heavy (non-hydrogen) atoms. The molecule has 1 fully saturated rings. The molecule has 0 bridgehead atoms. The van der Waals surface area contributed by atoms with E-state index in [0.29, 0.717) is 27.3 Å². The number of carbonyl (C=O) groups excluding carboxylic acids is 2. The van der Waals surface area contributed by atoms with Gasteiger partial charge < -0.3 is 14.8 Å². The highest BCUT2D eigenvalue weighted by Crippen LogP contribution is 2.39. The molecular weight excluding hydrogens is 553 g/mol. The van der Waals surface area contributed by atoms with Crippen LogP contribution in [0.5, 0.6) is 11.5 Å². The molecule has 4 aromatic carbocycles. The molecule has 1 aliphatic rings. The summed E-state index contributed by atoms with van der Waals surface area (Å²) in [5.74, 6) is 0.771. The zero-order chi connectivity index (χ0) is 28.9. The molecule has 2 amide bonds. The highest BCUT2D eigenvalue weighted by Gasteiger charge is 2.34. The third-order valence-electron chi connectivity index (χ3n) is 6.58. The van der Waals surface area contributed by atoms with Gasteiger partial charge in [0.2, 0.25) is 0 Å². The number of thioether (sulfide) groups is 1. The number of hydrogen-bond acceptors (Lipinski definition) is 6. The molecule has 5 rings (SSSR count). The van der Waals surface area contributed by atoms with Crippen LogP contribution in [0.2, 0.25) is 0 Å². The van der Waals surface area contributed by atoms with Gasteiger partial charge in [-0.05, 0) is 59.7 Å². The average Bonchev–Trinajstić information content (AvgIpc) is 3.24. The number of hydrogen-bond donors (Lipinski definition) is 1. The fourth-order valence-electron chi connectivity index (χ4n) is 4.68. The first-order valence-electron chi connectivity index (χ1n) is 13.4. The molecule has 0 spiro atoms. The highest BCUT2D eigenvalue weighted by molar-refractivity contribution is 8.27. The van der Waals surface area contributed by atoms with Crippen molar-refractivity contribution in [2.45, 2.75) is 26.7 Å². The van der Waals surface area contributed by atoms with E-state index in [1.165, 1.54) is 11.8 Å². The van der Waals surface area contributed by atoms with Crippen molar-refractivity contribution in [2.75, 3.05) is 23.4 Å². The van der Waals surface area contributed by atoms with E-state index in [4.69, 9.17) is 21.7 Å². The Morgan fingerprint density at radius 3 is 2.54 bits per heavy atom. The number of para-hydroxylation sites is 1. The fourth-order valence-corrected chi connectivity index (χ4v) is 5.96. The van der Waals surface area contributed by atoms with Crippen LogP contribution in [0.25, 0.3) is 16.8 Å². The van der Waals surface area contributed by atoms with E-state index in [0.717, 1.165) is 33.3 Å². The van der Waals surface area contributed by atoms with Crippen LogP contribution in [-0.4, -0.2) is 29.3 Å². The molecule has 0 aliphatic carbocycles. The summed E-state index contributed by atoms with van der Waals surface area (Å²) in [4.78, 5) is 28.3. The number of fused-ring (bicyclic) bond motifs is 1. The topological polar surface area (TPSA) is 67.9 Å². The third kappa shape index (κ3) is 6.29. The Balaban J connectivity index is 1.32. The van der Waals surface area contributed by atoms with Crippen molar-refractivity contribution in [1.29, 1.82) is 0 Å². The number of thiocarbonyl (C=S) groups is 1. The SMILES string of the molecule is CCOc1cc(/C=C2\SC(=S)N(c3cccc4ccccc34)C2=O)ccc1OCC(=O)Nc1ccccc1C(C)C. The quantitative estimate of drug-likeness (QED) is 0.161. The first-order valence-corrected chi connectivity index (χ1v) is 14.6. The van der Waals surface area contributed by atoms with Gasteiger partial charge in [-0.15, -0.1) is 0 Å². The van der Waals surface area contributed by atoms with E-state index in [-0.39, 0.29) is 24.3 Å². The molecule has 8 heteroatoms. The van der Waals surface area contributed by atoms with Crippen LogP contribution < -0.4 is 19.7 Å². The van der Waals surface area contributed by atoms with Crippen LogP contribution in [0, 0.1) is 0 Å². The molecule has 1 aliphatic heterocycles. The number of benzene rings is 4. The number of ether oxygens (including phenoxy) is 2. The predicted molar refractivity (Wildman–Crippen MR) is 172 cm³/mol. The lowest BCUT2D eigenvalue weighted by Gasteiger charge is -2.17. The Bertz CT molecular complexity index is 1660. The lowest BCUT2D eigenvalue weighted by atomic mass is 10.0. The lowest BCUT2D eigenvalue weighted by Crippen LogP contribution is -2.27. The van der Waals surface area contributed by atoms with Gasteiger partial charge in [0.1, 0.15) is 0 Å². The summed E-state index contributed by atoms with van der Waals surface area (Å²) < 4.78 is 12.1. The maximum Gasteiger partial charge on any atom is 0.270 e. The van der Waals surface area contributed by atoms with Gasteiger partial charge in [-0.1, -0.05) is 98.5 Å². The van der Waals surface area contributed by atoms with Crippen LogP contribution in [0.3, 0.4) is 0 Å². The normalized spacial score (nSPS) is 14.2. The Labute approximate surface area is 249 Å². The molecule has 4 aromatic rings. The molecule has 6 nitrogen and oxygen atoms in total. The molecule has 1 saturated heterocycles. The summed E-state index contributed by atoms with van der Waals surface area (Å²) in [6, 6.07) is 26.9. The number of nitrogens with zero attached hydrogens (tertiary/aromatic N) is 1. The van der Waals surface area contributed by atoms with Crippen molar-refractivity contribution >= 4 is 68.3 Å². The van der Waals surface area contributed by atoms with Crippen LogP contribution in [0.1, 0.15) is 37.8 Å². The summed E-state index contributed by atoms with van der Waals surface area (Å²) in [5.41, 5.74) is 3.36. The third-order valence-corrected chi connectivity index (χ3v) is 7.88. The summed E-state index contributed by atoms with van der Waals surface area (Å²) in [5, 5.41) is 4.94. The molecule has 0 unspecified atom stereocenters. The second-order valence-corrected chi connectivity index (χ2v) is 11.4. The van der Waals surface area contributed by atoms with Gasteiger partial charge in [-0.25, -0.2) is 0 Å². The zero-order valence-corrected chi connectivity index (χ0v) is 24.7. The maximum absolute atomic E-state index is 13.5. The number of amides is 2. The summed E-state index contributed by atoms with van der Waals surface area (Å²) in [6.45, 7) is 6.28. The van der Waals surface area contributed by atoms with Crippen LogP contribution in [0.4, 0.5) is 11.4 Å². The summed E-state index contributed by atoms with van der Waals surface area (Å²) >= 11 is 6.88. The molecule has 0 aromatic heterocycles. The lowest BCUT2D eigenvalue weighted by molar-refractivity contribution is -0.118. The number of rotatable bonds is 9. The second kappa shape index (κ2) is 12.6. The van der Waals surface area contributed by atoms with E-state index in [1.54, 1.807) is 23.1 Å². The molecule has 0 radical (unpaired) electrons. The summed E-state index contributed by atoms with van der Waals surface area (Å²) in [6.07, 6.45) is 1.80. The van der Waals surface area contributed by atoms with Gasteiger partial charge in [0.25, 0.3) is 11.8 Å². The first kappa shape index (κ1) is 28.4. The maximum atomic E-state index is 13.5. The Hall–Kier alpha value is -4.14. The highest BCUT2D eigenvalue weighted by atomic mass is 32.2. The van der Waals surface area contributed by atoms with E-state index >= 15 is 0 Å². The van der Waals surface area contributed by atoms with E-state index in [1.807, 2.05) is 79.7 Å². The minimum Gasteiger partial charge on any atom is -0.490 e. The van der Waals surface area contributed by atoms with Gasteiger partial charge in [0.05, 0.1) is 17.2 Å². The molecule has 1 N–H and O–H groups in total. The molecule has 0 saturated carbocycles. The van der Waals surface area contributed by atoms with Crippen molar-refractivity contribution in [3.8, 4) is 11.5 Å². The molecule has 208 valence electrons. The molecule has 0 atom stereocenters. The minimum absolute atomic E-state index is 0.171. The average molecular weight is 583 g/mol. The molecule has 1 heterocycles. The van der Waals surface area contributed by atoms with Crippen LogP contribution in [0.15, 0.2) is 89.8 Å². The van der Waals surface area contributed by atoms with Gasteiger partial charge in [0.15, 0.2) is 22.4 Å². The van der Waals surface area contributed by atoms with Crippen LogP contribution in [-0.2, 0) is 9.59 Å². The number of carbonyl (C=O) groups is 2. The van der Waals surface area contributed by atoms with Crippen molar-refractivity contribution in [3.63, 3.8) is 0 Å². The number of anilines is 2. The van der Waals surface area contributed by atoms with E-state index in [2.05, 4.69) is 19.2 Å². The van der Waals surface area contributed by atoms with Crippen molar-refractivity contribution in [1.82, 2.24) is 0 Å². The monoisotopic (exact) mass is 582 g/mol. The Morgan fingerprint density at radius 1 is 0.976 bits per heavy atom. The fraction of sp³-hybridized carbons (Fsp3) is 0.182. The zero-order valence-electron chi connectivity index (χ0n) is 23.0. The first-order chi connectivity index (χ1) is 19.9. The number of nitrogens with one attached hydrogen (secondary N) is 1. The van der Waals surface area contributed by atoms with Crippen LogP contribution >= 0.6 is 24.0 Å². The van der Waals surface area contributed by atoms with Gasteiger partial charge >= 0.3 is 0 Å². The Morgan fingerprint density at radius 2 is 1.73 bits per heavy atom. The molecular formula is C33H30N2O4S2. The van der Waals surface area contributed by atoms with E-state index in [9.17, 15) is 9.59 Å². The predicted octanol–water partition coefficient (Wildman–Crippen LogP) is 7.79. The van der Waals surface area contributed by atoms with Crippen molar-refractivity contribution in [3.05, 3.63) is 101 Å². The largest absolute Gasteiger partial charge is 0.490 e. The van der Waals surface area contributed by atoms with Crippen molar-refractivity contribution < 1.29 is 19.1 Å². The van der Waals surface area contributed by atoms with Gasteiger partial charge in [-0.2, -0.15) is 0 Å². The van der Waals surface area contributed by atoms with Crippen molar-refractivity contribution in [2.24, 2.45) is 0 Å². The minimum atomic E-state index is -0.262. The Kier molecular flexibility index (Phi) is 8.71. The standard InChI is InChI=1S/C33H30N2O4S2/c1-4-38-29-18-22(16-17-28(29)39-20-31(36)34-26-14-8-7-12-24(26)21(2)3)19-30-32(37)35(33(40)41-30)27-15-9-11-23-10-5-6-13-25(23)27/h5-19,21H,4,20H2,1-3H3,(H,34,36)/b30-19-. The second-order valence-electron chi connectivity index (χ2n) is 9.73. The van der Waals surface area contributed by atoms with E-state index < -0.39 is 0 Å². The van der Waals surface area contributed by atoms with Gasteiger partial charge in [0, 0.05) is 11.1 Å². The summed E-state index contributed by atoms with van der Waals surface area (Å²) in [7, 11) is 0. The van der Waals surface area contributed by atoms with Gasteiger partial charge in [-0.3, -0.25) is 14.5 Å².